The molecule has 0 fully saturated rings. The first kappa shape index (κ1) is 14.9. The molecule has 0 aliphatic rings. The molecule has 0 heterocycles. The van der Waals surface area contributed by atoms with Gasteiger partial charge in [-0.1, -0.05) is 6.07 Å². The molecule has 18 heavy (non-hydrogen) atoms. The van der Waals surface area contributed by atoms with E-state index in [2.05, 4.69) is 0 Å². The number of aryl methyl sites for hydroxylation is 1. The van der Waals surface area contributed by atoms with E-state index in [1.165, 1.54) is 12.1 Å². The number of nitro benzene ring substituents is 1. The largest absolute Gasteiger partial charge is 0.273 e. The van der Waals surface area contributed by atoms with Crippen LogP contribution in [0, 0.1) is 17.0 Å². The van der Waals surface area contributed by atoms with E-state index in [9.17, 15) is 18.5 Å². The zero-order valence-electron chi connectivity index (χ0n) is 10.1. The van der Waals surface area contributed by atoms with Gasteiger partial charge in [-0.3, -0.25) is 10.1 Å². The molecule has 1 atom stereocenters. The lowest BCUT2D eigenvalue weighted by molar-refractivity contribution is -0.385. The van der Waals surface area contributed by atoms with Gasteiger partial charge >= 0.3 is 0 Å². The van der Waals surface area contributed by atoms with Gasteiger partial charge < -0.3 is 0 Å². The number of benzene rings is 1. The Kier molecular flexibility index (Phi) is 4.70. The molecule has 1 rings (SSSR count). The van der Waals surface area contributed by atoms with Crippen molar-refractivity contribution >= 4 is 27.1 Å². The van der Waals surface area contributed by atoms with Crippen molar-refractivity contribution in [2.24, 2.45) is 0 Å². The third-order valence-corrected chi connectivity index (χ3v) is 5.18. The Morgan fingerprint density at radius 3 is 2.56 bits per heavy atom. The summed E-state index contributed by atoms with van der Waals surface area (Å²) in [6.07, 6.45) is 0.311. The van der Waals surface area contributed by atoms with E-state index in [0.29, 0.717) is 12.0 Å². The van der Waals surface area contributed by atoms with Crippen LogP contribution in [0.15, 0.2) is 23.1 Å². The van der Waals surface area contributed by atoms with Crippen molar-refractivity contribution in [1.29, 1.82) is 0 Å². The first-order valence-electron chi connectivity index (χ1n) is 5.35. The van der Waals surface area contributed by atoms with Crippen LogP contribution < -0.4 is 0 Å². The van der Waals surface area contributed by atoms with Gasteiger partial charge in [0.2, 0.25) is 0 Å². The molecule has 0 radical (unpaired) electrons. The normalized spacial score (nSPS) is 13.3. The van der Waals surface area contributed by atoms with E-state index in [4.69, 9.17) is 11.6 Å². The van der Waals surface area contributed by atoms with Crippen LogP contribution in [0.1, 0.15) is 18.9 Å². The molecule has 0 amide bonds. The van der Waals surface area contributed by atoms with Crippen LogP contribution in [-0.4, -0.2) is 24.5 Å². The molecule has 0 N–H and O–H groups in total. The number of nitrogens with zero attached hydrogens (tertiary/aromatic N) is 1. The van der Waals surface area contributed by atoms with E-state index in [-0.39, 0.29) is 16.5 Å². The Balaban J connectivity index is 3.26. The summed E-state index contributed by atoms with van der Waals surface area (Å²) < 4.78 is 24.3. The number of hydrogen-bond acceptors (Lipinski definition) is 4. The van der Waals surface area contributed by atoms with Crippen molar-refractivity contribution in [3.05, 3.63) is 33.9 Å². The number of sulfone groups is 1. The third kappa shape index (κ3) is 3.00. The molecule has 0 aliphatic heterocycles. The third-order valence-electron chi connectivity index (χ3n) is 2.75. The van der Waals surface area contributed by atoms with Crippen molar-refractivity contribution in [2.45, 2.75) is 30.4 Å². The van der Waals surface area contributed by atoms with Crippen LogP contribution in [0.2, 0.25) is 0 Å². The zero-order valence-corrected chi connectivity index (χ0v) is 11.7. The zero-order chi connectivity index (χ0) is 13.9. The number of hydrogen-bond donors (Lipinski definition) is 0. The number of halogens is 1. The lowest BCUT2D eigenvalue weighted by Crippen LogP contribution is -2.18. The molecule has 0 bridgehead atoms. The smallest absolute Gasteiger partial charge is 0.258 e. The fourth-order valence-electron chi connectivity index (χ4n) is 1.50. The fraction of sp³-hybridized carbons (Fsp3) is 0.455. The molecule has 5 nitrogen and oxygen atoms in total. The summed E-state index contributed by atoms with van der Waals surface area (Å²) in [6, 6.07) is 3.94. The molecule has 1 aromatic carbocycles. The molecule has 1 aromatic rings. The molecule has 100 valence electrons. The Morgan fingerprint density at radius 2 is 2.06 bits per heavy atom. The first-order chi connectivity index (χ1) is 8.30. The first-order valence-corrected chi connectivity index (χ1v) is 7.43. The minimum Gasteiger partial charge on any atom is -0.258 e. The SMILES string of the molecule is Cc1ccc(S(=O)(=O)C(C)CCCl)cc1[N+](=O)[O-]. The Hall–Kier alpha value is -1.14. The summed E-state index contributed by atoms with van der Waals surface area (Å²) in [5.41, 5.74) is 0.248. The molecule has 7 heteroatoms. The van der Waals surface area contributed by atoms with Crippen molar-refractivity contribution < 1.29 is 13.3 Å². The van der Waals surface area contributed by atoms with Crippen LogP contribution in [0.25, 0.3) is 0 Å². The highest BCUT2D eigenvalue weighted by molar-refractivity contribution is 7.92. The van der Waals surface area contributed by atoms with Gasteiger partial charge in [-0.2, -0.15) is 0 Å². The molecular weight excluding hydrogens is 278 g/mol. The second kappa shape index (κ2) is 5.67. The second-order valence-corrected chi connectivity index (χ2v) is 6.78. The van der Waals surface area contributed by atoms with Gasteiger partial charge in [0.15, 0.2) is 9.84 Å². The highest BCUT2D eigenvalue weighted by Crippen LogP contribution is 2.25. The number of alkyl halides is 1. The van der Waals surface area contributed by atoms with Gasteiger partial charge in [0, 0.05) is 17.5 Å². The summed E-state index contributed by atoms with van der Waals surface area (Å²) >= 11 is 5.52. The summed E-state index contributed by atoms with van der Waals surface area (Å²) in [5, 5.41) is 10.1. The fourth-order valence-corrected chi connectivity index (χ4v) is 3.39. The molecular formula is C11H14ClNO4S. The van der Waals surface area contributed by atoms with Crippen LogP contribution in [0.5, 0.6) is 0 Å². The highest BCUT2D eigenvalue weighted by Gasteiger charge is 2.25. The van der Waals surface area contributed by atoms with E-state index in [0.717, 1.165) is 6.07 Å². The maximum absolute atomic E-state index is 12.1. The van der Waals surface area contributed by atoms with Crippen molar-refractivity contribution in [3.8, 4) is 0 Å². The summed E-state index contributed by atoms with van der Waals surface area (Å²) in [7, 11) is -3.56. The van der Waals surface area contributed by atoms with Gasteiger partial charge in [0.1, 0.15) is 0 Å². The lowest BCUT2D eigenvalue weighted by atomic mass is 10.2. The molecule has 0 saturated carbocycles. The summed E-state index contributed by atoms with van der Waals surface area (Å²) in [4.78, 5) is 10.2. The number of rotatable bonds is 5. The topological polar surface area (TPSA) is 77.3 Å². The lowest BCUT2D eigenvalue weighted by Gasteiger charge is -2.11. The predicted molar refractivity (Wildman–Crippen MR) is 69.8 cm³/mol. The van der Waals surface area contributed by atoms with Gasteiger partial charge in [0.05, 0.1) is 15.1 Å². The van der Waals surface area contributed by atoms with E-state index >= 15 is 0 Å². The molecule has 0 spiro atoms. The van der Waals surface area contributed by atoms with E-state index in [1.807, 2.05) is 0 Å². The summed E-state index contributed by atoms with van der Waals surface area (Å²) in [5.74, 6) is 0.231. The highest BCUT2D eigenvalue weighted by atomic mass is 35.5. The van der Waals surface area contributed by atoms with Gasteiger partial charge in [-0.25, -0.2) is 8.42 Å². The molecule has 1 unspecified atom stereocenters. The maximum atomic E-state index is 12.1. The average Bonchev–Trinajstić information content (AvgIpc) is 2.29. The minimum absolute atomic E-state index is 0.0302. The summed E-state index contributed by atoms with van der Waals surface area (Å²) in [6.45, 7) is 3.11. The van der Waals surface area contributed by atoms with Gasteiger partial charge in [-0.15, -0.1) is 11.6 Å². The van der Waals surface area contributed by atoms with Crippen molar-refractivity contribution in [2.75, 3.05) is 5.88 Å². The van der Waals surface area contributed by atoms with Gasteiger partial charge in [0.25, 0.3) is 5.69 Å². The average molecular weight is 292 g/mol. The second-order valence-electron chi connectivity index (χ2n) is 4.04. The molecule has 0 aromatic heterocycles. The van der Waals surface area contributed by atoms with E-state index in [1.54, 1.807) is 13.8 Å². The molecule has 0 aliphatic carbocycles. The van der Waals surface area contributed by atoms with Crippen molar-refractivity contribution in [1.82, 2.24) is 0 Å². The number of nitro groups is 1. The van der Waals surface area contributed by atoms with Crippen LogP contribution in [0.3, 0.4) is 0 Å². The minimum atomic E-state index is -3.56. The quantitative estimate of drug-likeness (QED) is 0.475. The van der Waals surface area contributed by atoms with E-state index < -0.39 is 20.0 Å². The monoisotopic (exact) mass is 291 g/mol. The van der Waals surface area contributed by atoms with Crippen LogP contribution >= 0.6 is 11.6 Å². The van der Waals surface area contributed by atoms with Crippen LogP contribution in [0.4, 0.5) is 5.69 Å². The Bertz CT molecular complexity index is 556. The maximum Gasteiger partial charge on any atom is 0.273 e. The Labute approximate surface area is 111 Å². The predicted octanol–water partition coefficient (Wildman–Crippen LogP) is 2.69. The van der Waals surface area contributed by atoms with Crippen molar-refractivity contribution in [3.63, 3.8) is 0 Å². The Morgan fingerprint density at radius 1 is 1.44 bits per heavy atom. The standard InChI is InChI=1S/C11H14ClNO4S/c1-8-3-4-10(7-11(8)13(14)15)18(16,17)9(2)5-6-12/h3-4,7,9H,5-6H2,1-2H3. The van der Waals surface area contributed by atoms with Crippen LogP contribution in [-0.2, 0) is 9.84 Å². The van der Waals surface area contributed by atoms with Gasteiger partial charge in [-0.05, 0) is 26.3 Å². The molecule has 0 saturated heterocycles.